The summed E-state index contributed by atoms with van der Waals surface area (Å²) in [4.78, 5) is 13.2. The fourth-order valence-electron chi connectivity index (χ4n) is 2.17. The fraction of sp³-hybridized carbons (Fsp3) is 0.385. The van der Waals surface area contributed by atoms with Gasteiger partial charge < -0.3 is 14.2 Å². The summed E-state index contributed by atoms with van der Waals surface area (Å²) in [6.45, 7) is 1.26. The molecule has 0 radical (unpaired) electrons. The summed E-state index contributed by atoms with van der Waals surface area (Å²) in [5.74, 6) is 1.23. The molecule has 0 N–H and O–H groups in total. The molecule has 1 amide bonds. The summed E-state index contributed by atoms with van der Waals surface area (Å²) in [5.41, 5.74) is 0.584. The van der Waals surface area contributed by atoms with E-state index in [0.717, 1.165) is 0 Å². The molecule has 1 aromatic carbocycles. The van der Waals surface area contributed by atoms with Gasteiger partial charge in [-0.05, 0) is 12.1 Å². The van der Waals surface area contributed by atoms with Gasteiger partial charge in [-0.25, -0.2) is 4.79 Å². The van der Waals surface area contributed by atoms with E-state index in [1.165, 1.54) is 4.90 Å². The Morgan fingerprint density at radius 3 is 2.74 bits per heavy atom. The number of benzene rings is 1. The van der Waals surface area contributed by atoms with E-state index in [1.807, 2.05) is 0 Å². The van der Waals surface area contributed by atoms with Crippen molar-refractivity contribution in [3.8, 4) is 17.6 Å². The van der Waals surface area contributed by atoms with Crippen LogP contribution in [0.3, 0.4) is 0 Å². The van der Waals surface area contributed by atoms with Crippen LogP contribution in [0.5, 0.6) is 11.5 Å². The predicted octanol–water partition coefficient (Wildman–Crippen LogP) is 1.70. The lowest BCUT2D eigenvalue weighted by Gasteiger charge is -2.31. The molecule has 0 saturated carbocycles. The van der Waals surface area contributed by atoms with Crippen molar-refractivity contribution < 1.29 is 19.0 Å². The molecular formula is C13H12N2O4. The minimum absolute atomic E-state index is 0.276. The van der Waals surface area contributed by atoms with Crippen LogP contribution in [0.25, 0.3) is 0 Å². The molecule has 2 aliphatic rings. The highest BCUT2D eigenvalue weighted by molar-refractivity contribution is 5.90. The first-order valence-electron chi connectivity index (χ1n) is 6.05. The molecule has 0 aromatic heterocycles. The van der Waals surface area contributed by atoms with E-state index in [-0.39, 0.29) is 6.61 Å². The number of cyclic esters (lactones) is 1. The molecule has 1 fully saturated rings. The first-order valence-corrected chi connectivity index (χ1v) is 6.05. The summed E-state index contributed by atoms with van der Waals surface area (Å²) < 4.78 is 15.9. The normalized spacial score (nSPS) is 21.5. The van der Waals surface area contributed by atoms with Crippen molar-refractivity contribution in [2.24, 2.45) is 0 Å². The van der Waals surface area contributed by atoms with Crippen LogP contribution in [0.4, 0.5) is 10.5 Å². The van der Waals surface area contributed by atoms with E-state index in [0.29, 0.717) is 36.8 Å². The van der Waals surface area contributed by atoms with Crippen molar-refractivity contribution in [2.75, 3.05) is 24.7 Å². The van der Waals surface area contributed by atoms with Crippen molar-refractivity contribution in [2.45, 2.75) is 12.5 Å². The Morgan fingerprint density at radius 2 is 1.95 bits per heavy atom. The second-order valence-corrected chi connectivity index (χ2v) is 4.25. The van der Waals surface area contributed by atoms with Crippen molar-refractivity contribution in [1.82, 2.24) is 0 Å². The molecule has 6 heteroatoms. The van der Waals surface area contributed by atoms with Crippen molar-refractivity contribution in [3.05, 3.63) is 18.2 Å². The zero-order valence-electron chi connectivity index (χ0n) is 10.2. The number of hydrogen-bond acceptors (Lipinski definition) is 5. The number of rotatable bonds is 1. The molecule has 0 aliphatic carbocycles. The molecule has 0 bridgehead atoms. The third kappa shape index (κ3) is 2.03. The minimum Gasteiger partial charge on any atom is -0.486 e. The maximum absolute atomic E-state index is 11.8. The number of hydrogen-bond donors (Lipinski definition) is 0. The Kier molecular flexibility index (Phi) is 2.88. The van der Waals surface area contributed by atoms with Gasteiger partial charge in [0.1, 0.15) is 19.3 Å². The lowest BCUT2D eigenvalue weighted by molar-refractivity contribution is 0.134. The molecular weight excluding hydrogens is 248 g/mol. The van der Waals surface area contributed by atoms with Crippen LogP contribution in [-0.4, -0.2) is 32.0 Å². The number of ether oxygens (including phenoxy) is 3. The maximum atomic E-state index is 11.8. The van der Waals surface area contributed by atoms with Gasteiger partial charge in [0, 0.05) is 12.5 Å². The summed E-state index contributed by atoms with van der Waals surface area (Å²) in [5, 5.41) is 9.12. The van der Waals surface area contributed by atoms with Crippen LogP contribution >= 0.6 is 0 Å². The van der Waals surface area contributed by atoms with Crippen LogP contribution in [-0.2, 0) is 4.74 Å². The zero-order valence-corrected chi connectivity index (χ0v) is 10.2. The smallest absolute Gasteiger partial charge is 0.415 e. The molecule has 1 atom stereocenters. The van der Waals surface area contributed by atoms with Gasteiger partial charge in [-0.2, -0.15) is 5.26 Å². The highest BCUT2D eigenvalue weighted by atomic mass is 16.6. The highest BCUT2D eigenvalue weighted by Crippen LogP contribution is 2.35. The molecule has 1 aromatic rings. The molecule has 19 heavy (non-hydrogen) atoms. The number of fused-ring (bicyclic) bond motifs is 1. The van der Waals surface area contributed by atoms with Gasteiger partial charge in [0.25, 0.3) is 0 Å². The lowest BCUT2D eigenvalue weighted by Crippen LogP contribution is -2.45. The number of carbonyl (C=O) groups is 1. The van der Waals surface area contributed by atoms with Gasteiger partial charge >= 0.3 is 6.09 Å². The average Bonchev–Trinajstić information content (AvgIpc) is 2.46. The van der Waals surface area contributed by atoms with E-state index in [4.69, 9.17) is 19.5 Å². The largest absolute Gasteiger partial charge is 0.486 e. The van der Waals surface area contributed by atoms with Crippen LogP contribution in [0.2, 0.25) is 0 Å². The summed E-state index contributed by atoms with van der Waals surface area (Å²) in [7, 11) is 0. The lowest BCUT2D eigenvalue weighted by atomic mass is 10.1. The molecule has 6 nitrogen and oxygen atoms in total. The van der Waals surface area contributed by atoms with E-state index >= 15 is 0 Å². The topological polar surface area (TPSA) is 71.8 Å². The first kappa shape index (κ1) is 11.7. The molecule has 0 spiro atoms. The van der Waals surface area contributed by atoms with Crippen molar-refractivity contribution >= 4 is 11.8 Å². The van der Waals surface area contributed by atoms with Gasteiger partial charge in [-0.1, -0.05) is 0 Å². The van der Waals surface area contributed by atoms with E-state index < -0.39 is 12.1 Å². The Morgan fingerprint density at radius 1 is 1.16 bits per heavy atom. The number of nitrogens with zero attached hydrogens (tertiary/aromatic N) is 2. The van der Waals surface area contributed by atoms with E-state index in [1.54, 1.807) is 18.2 Å². The summed E-state index contributed by atoms with van der Waals surface area (Å²) >= 11 is 0. The monoisotopic (exact) mass is 260 g/mol. The van der Waals surface area contributed by atoms with Gasteiger partial charge in [-0.15, -0.1) is 0 Å². The Labute approximate surface area is 110 Å². The standard InChI is InChI=1S/C13H12N2O4/c14-8-10-3-4-19-13(16)15(10)9-1-2-11-12(7-9)18-6-5-17-11/h1-2,7,10H,3-6H2. The SMILES string of the molecule is N#CC1CCOC(=O)N1c1ccc2c(c1)OCCO2. The quantitative estimate of drug-likeness (QED) is 0.768. The molecule has 2 heterocycles. The Bertz CT molecular complexity index is 552. The van der Waals surface area contributed by atoms with Gasteiger partial charge in [0.15, 0.2) is 11.5 Å². The van der Waals surface area contributed by atoms with E-state index in [9.17, 15) is 4.79 Å². The van der Waals surface area contributed by atoms with Crippen molar-refractivity contribution in [1.29, 1.82) is 5.26 Å². The van der Waals surface area contributed by atoms with Crippen LogP contribution in [0, 0.1) is 11.3 Å². The molecule has 3 rings (SSSR count). The van der Waals surface area contributed by atoms with Gasteiger partial charge in [-0.3, -0.25) is 4.90 Å². The second kappa shape index (κ2) is 4.69. The van der Waals surface area contributed by atoms with Gasteiger partial charge in [0.2, 0.25) is 0 Å². The predicted molar refractivity (Wildman–Crippen MR) is 65.3 cm³/mol. The fourth-order valence-corrected chi connectivity index (χ4v) is 2.17. The summed E-state index contributed by atoms with van der Waals surface area (Å²) in [6, 6.07) is 6.77. The Balaban J connectivity index is 1.96. The Hall–Kier alpha value is -2.42. The second-order valence-electron chi connectivity index (χ2n) is 4.25. The molecule has 98 valence electrons. The van der Waals surface area contributed by atoms with Crippen LogP contribution in [0.1, 0.15) is 6.42 Å². The van der Waals surface area contributed by atoms with E-state index in [2.05, 4.69) is 6.07 Å². The molecule has 1 saturated heterocycles. The minimum atomic E-state index is -0.510. The van der Waals surface area contributed by atoms with Gasteiger partial charge in [0.05, 0.1) is 18.4 Å². The van der Waals surface area contributed by atoms with Crippen LogP contribution < -0.4 is 14.4 Å². The summed E-state index contributed by atoms with van der Waals surface area (Å²) in [6.07, 6.45) is -0.00840. The number of amides is 1. The molecule has 2 aliphatic heterocycles. The number of carbonyl (C=O) groups excluding carboxylic acids is 1. The van der Waals surface area contributed by atoms with Crippen LogP contribution in [0.15, 0.2) is 18.2 Å². The molecule has 1 unspecified atom stereocenters. The highest BCUT2D eigenvalue weighted by Gasteiger charge is 2.31. The number of anilines is 1. The third-order valence-electron chi connectivity index (χ3n) is 3.08. The maximum Gasteiger partial charge on any atom is 0.415 e. The first-order chi connectivity index (χ1) is 9.29. The number of nitriles is 1. The average molecular weight is 260 g/mol. The zero-order chi connectivity index (χ0) is 13.2. The van der Waals surface area contributed by atoms with Crippen molar-refractivity contribution in [3.63, 3.8) is 0 Å². The third-order valence-corrected chi connectivity index (χ3v) is 3.08.